The van der Waals surface area contributed by atoms with Crippen molar-refractivity contribution in [1.29, 1.82) is 0 Å². The van der Waals surface area contributed by atoms with Crippen molar-refractivity contribution in [2.45, 2.75) is 25.3 Å². The average Bonchev–Trinajstić information content (AvgIpc) is 3.03. The summed E-state index contributed by atoms with van der Waals surface area (Å²) in [6.07, 6.45) is 7.29. The van der Waals surface area contributed by atoms with Gasteiger partial charge in [-0.15, -0.1) is 0 Å². The minimum atomic E-state index is -0.803. The second-order valence-electron chi connectivity index (χ2n) is 6.09. The molecule has 4 heterocycles. The third-order valence-electron chi connectivity index (χ3n) is 4.88. The van der Waals surface area contributed by atoms with Crippen LogP contribution in [-0.4, -0.2) is 49.1 Å². The predicted molar refractivity (Wildman–Crippen MR) is 76.3 cm³/mol. The molecule has 0 unspecified atom stereocenters. The number of nitrogens with zero attached hydrogens (tertiary/aromatic N) is 4. The van der Waals surface area contributed by atoms with Crippen LogP contribution in [0.1, 0.15) is 29.8 Å². The molecule has 7 heteroatoms. The van der Waals surface area contributed by atoms with Crippen LogP contribution in [0.3, 0.4) is 0 Å². The third kappa shape index (κ3) is 1.88. The molecule has 7 nitrogen and oxygen atoms in total. The van der Waals surface area contributed by atoms with Gasteiger partial charge in [0.1, 0.15) is 0 Å². The SMILES string of the molecule is O=C(O)[C@@H]1C[C@H]2CC[C@@H]1N(C(=O)c1nccn3nccc13)C2. The van der Waals surface area contributed by atoms with Gasteiger partial charge in [0, 0.05) is 25.0 Å². The summed E-state index contributed by atoms with van der Waals surface area (Å²) in [6.45, 7) is 0.629. The van der Waals surface area contributed by atoms with E-state index in [1.807, 2.05) is 0 Å². The first-order valence-electron chi connectivity index (χ1n) is 7.47. The molecule has 1 amide bonds. The van der Waals surface area contributed by atoms with E-state index in [9.17, 15) is 14.7 Å². The van der Waals surface area contributed by atoms with Gasteiger partial charge >= 0.3 is 5.97 Å². The number of rotatable bonds is 2. The third-order valence-corrected chi connectivity index (χ3v) is 4.88. The van der Waals surface area contributed by atoms with E-state index in [4.69, 9.17) is 0 Å². The molecule has 0 radical (unpaired) electrons. The van der Waals surface area contributed by atoms with Crippen LogP contribution in [0.25, 0.3) is 5.52 Å². The first-order valence-corrected chi connectivity index (χ1v) is 7.47. The number of carboxylic acids is 1. The van der Waals surface area contributed by atoms with E-state index in [1.165, 1.54) is 0 Å². The van der Waals surface area contributed by atoms with Gasteiger partial charge in [0.15, 0.2) is 5.69 Å². The molecule has 2 aliphatic heterocycles. The molecule has 3 atom stereocenters. The highest BCUT2D eigenvalue weighted by atomic mass is 16.4. The number of piperidine rings is 2. The molecule has 5 rings (SSSR count). The summed E-state index contributed by atoms with van der Waals surface area (Å²) in [6, 6.07) is 1.52. The van der Waals surface area contributed by atoms with Crippen molar-refractivity contribution >= 4 is 17.4 Å². The summed E-state index contributed by atoms with van der Waals surface area (Å²) in [7, 11) is 0. The molecule has 22 heavy (non-hydrogen) atoms. The number of carbonyl (C=O) groups excluding carboxylic acids is 1. The van der Waals surface area contributed by atoms with E-state index in [1.54, 1.807) is 34.1 Å². The maximum Gasteiger partial charge on any atom is 0.308 e. The van der Waals surface area contributed by atoms with Gasteiger partial charge in [-0.05, 0) is 31.2 Å². The molecule has 2 aromatic rings. The monoisotopic (exact) mass is 300 g/mol. The quantitative estimate of drug-likeness (QED) is 0.896. The second kappa shape index (κ2) is 4.79. The Hall–Kier alpha value is -2.44. The summed E-state index contributed by atoms with van der Waals surface area (Å²) in [5, 5.41) is 13.5. The fraction of sp³-hybridized carbons (Fsp3) is 0.467. The van der Waals surface area contributed by atoms with Gasteiger partial charge in [0.25, 0.3) is 5.91 Å². The molecular formula is C15H16N4O3. The van der Waals surface area contributed by atoms with E-state index >= 15 is 0 Å². The fourth-order valence-corrected chi connectivity index (χ4v) is 3.85. The first kappa shape index (κ1) is 13.2. The Morgan fingerprint density at radius 1 is 1.27 bits per heavy atom. The van der Waals surface area contributed by atoms with Crippen LogP contribution in [-0.2, 0) is 4.79 Å². The number of hydrogen-bond donors (Lipinski definition) is 1. The zero-order valence-electron chi connectivity index (χ0n) is 11.9. The molecule has 0 spiro atoms. The van der Waals surface area contributed by atoms with Crippen LogP contribution in [0.15, 0.2) is 24.7 Å². The summed E-state index contributed by atoms with van der Waals surface area (Å²) in [5.41, 5.74) is 0.998. The van der Waals surface area contributed by atoms with Gasteiger partial charge in [-0.25, -0.2) is 9.50 Å². The molecule has 2 aromatic heterocycles. The molecule has 2 bridgehead atoms. The highest BCUT2D eigenvalue weighted by Gasteiger charge is 2.46. The lowest BCUT2D eigenvalue weighted by Crippen LogP contribution is -2.57. The summed E-state index contributed by atoms with van der Waals surface area (Å²) in [4.78, 5) is 30.3. The minimum Gasteiger partial charge on any atom is -0.481 e. The Balaban J connectivity index is 1.71. The molecule has 2 saturated heterocycles. The number of carbonyl (C=O) groups is 2. The normalized spacial score (nSPS) is 27.3. The lowest BCUT2D eigenvalue weighted by molar-refractivity contribution is -0.148. The van der Waals surface area contributed by atoms with Crippen molar-refractivity contribution in [2.75, 3.05) is 6.54 Å². The number of carboxylic acid groups (broad SMARTS) is 1. The highest BCUT2D eigenvalue weighted by molar-refractivity contribution is 5.99. The molecule has 3 aliphatic rings. The van der Waals surface area contributed by atoms with E-state index in [2.05, 4.69) is 10.1 Å². The predicted octanol–water partition coefficient (Wildman–Crippen LogP) is 1.05. The van der Waals surface area contributed by atoms with Crippen LogP contribution in [0.2, 0.25) is 0 Å². The smallest absolute Gasteiger partial charge is 0.308 e. The summed E-state index contributed by atoms with van der Waals surface area (Å²) < 4.78 is 1.61. The van der Waals surface area contributed by atoms with Gasteiger partial charge in [0.05, 0.1) is 17.6 Å². The van der Waals surface area contributed by atoms with Crippen molar-refractivity contribution in [2.24, 2.45) is 11.8 Å². The van der Waals surface area contributed by atoms with Gasteiger partial charge < -0.3 is 10.0 Å². The van der Waals surface area contributed by atoms with E-state index < -0.39 is 11.9 Å². The van der Waals surface area contributed by atoms with E-state index in [0.717, 1.165) is 12.8 Å². The van der Waals surface area contributed by atoms with Crippen molar-refractivity contribution in [3.8, 4) is 0 Å². The maximum atomic E-state index is 12.9. The average molecular weight is 300 g/mol. The lowest BCUT2D eigenvalue weighted by Gasteiger charge is -2.48. The molecule has 0 aromatic carbocycles. The standard InChI is InChI=1S/C15H16N4O3/c20-14(13-12-3-4-17-19(12)6-5-16-13)18-8-9-1-2-11(18)10(7-9)15(21)22/h3-6,9-11H,1-2,7-8H2,(H,21,22)/t9-,10-,11+/m1/s1. The van der Waals surface area contributed by atoms with Gasteiger partial charge in [0.2, 0.25) is 0 Å². The number of aliphatic carboxylic acids is 1. The first-order chi connectivity index (χ1) is 10.6. The zero-order valence-corrected chi connectivity index (χ0v) is 11.9. The van der Waals surface area contributed by atoms with Crippen LogP contribution in [0.5, 0.6) is 0 Å². The van der Waals surface area contributed by atoms with Gasteiger partial charge in [-0.2, -0.15) is 5.10 Å². The van der Waals surface area contributed by atoms with Crippen LogP contribution in [0.4, 0.5) is 0 Å². The topological polar surface area (TPSA) is 87.8 Å². The molecular weight excluding hydrogens is 284 g/mol. The van der Waals surface area contributed by atoms with Crippen molar-refractivity contribution < 1.29 is 14.7 Å². The van der Waals surface area contributed by atoms with Crippen LogP contribution < -0.4 is 0 Å². The Labute approximate surface area is 126 Å². The van der Waals surface area contributed by atoms with Crippen LogP contribution >= 0.6 is 0 Å². The van der Waals surface area contributed by atoms with E-state index in [-0.39, 0.29) is 17.9 Å². The fourth-order valence-electron chi connectivity index (χ4n) is 3.85. The van der Waals surface area contributed by atoms with Crippen LogP contribution in [0, 0.1) is 11.8 Å². The number of hydrogen-bond acceptors (Lipinski definition) is 4. The van der Waals surface area contributed by atoms with Crippen molar-refractivity contribution in [3.63, 3.8) is 0 Å². The second-order valence-corrected chi connectivity index (χ2v) is 6.09. The number of aromatic nitrogens is 3. The Kier molecular flexibility index (Phi) is 2.88. The Morgan fingerprint density at radius 3 is 2.91 bits per heavy atom. The Bertz CT molecular complexity index is 756. The minimum absolute atomic E-state index is 0.188. The number of amides is 1. The highest BCUT2D eigenvalue weighted by Crippen LogP contribution is 2.39. The molecule has 114 valence electrons. The molecule has 3 fully saturated rings. The summed E-state index contributed by atoms with van der Waals surface area (Å²) in [5.74, 6) is -1.17. The van der Waals surface area contributed by atoms with Crippen molar-refractivity contribution in [3.05, 3.63) is 30.4 Å². The largest absolute Gasteiger partial charge is 0.481 e. The maximum absolute atomic E-state index is 12.9. The van der Waals surface area contributed by atoms with E-state index in [0.29, 0.717) is 24.2 Å². The van der Waals surface area contributed by atoms with Gasteiger partial charge in [-0.1, -0.05) is 0 Å². The zero-order chi connectivity index (χ0) is 15.3. The molecule has 1 N–H and O–H groups in total. The summed E-state index contributed by atoms with van der Waals surface area (Å²) >= 11 is 0. The number of fused-ring (bicyclic) bond motifs is 4. The van der Waals surface area contributed by atoms with Gasteiger partial charge in [-0.3, -0.25) is 9.59 Å². The lowest BCUT2D eigenvalue weighted by atomic mass is 9.72. The van der Waals surface area contributed by atoms with Crippen molar-refractivity contribution in [1.82, 2.24) is 19.5 Å². The Morgan fingerprint density at radius 2 is 2.14 bits per heavy atom. The molecule has 1 saturated carbocycles. The molecule has 1 aliphatic carbocycles.